The van der Waals surface area contributed by atoms with Crippen LogP contribution >= 0.6 is 11.8 Å². The molecule has 1 saturated heterocycles. The van der Waals surface area contributed by atoms with Crippen LogP contribution in [0.4, 0.5) is 0 Å². The summed E-state index contributed by atoms with van der Waals surface area (Å²) in [5, 5.41) is 0. The molecule has 1 fully saturated rings. The lowest BCUT2D eigenvalue weighted by molar-refractivity contribution is 0.287. The summed E-state index contributed by atoms with van der Waals surface area (Å²) in [5.41, 5.74) is 2.62. The summed E-state index contributed by atoms with van der Waals surface area (Å²) in [7, 11) is -2.77. The lowest BCUT2D eigenvalue weighted by Gasteiger charge is -2.26. The van der Waals surface area contributed by atoms with Crippen molar-refractivity contribution in [1.82, 2.24) is 4.90 Å². The Morgan fingerprint density at radius 3 is 2.56 bits per heavy atom. The highest BCUT2D eigenvalue weighted by Crippen LogP contribution is 2.14. The maximum atomic E-state index is 11.4. The first kappa shape index (κ1) is 13.9. The molecule has 5 heteroatoms. The van der Waals surface area contributed by atoms with Gasteiger partial charge in [0, 0.05) is 25.4 Å². The second-order valence-electron chi connectivity index (χ2n) is 4.68. The molecule has 0 unspecified atom stereocenters. The molecule has 0 aliphatic carbocycles. The number of thioether (sulfide) groups is 1. The molecule has 0 bridgehead atoms. The molecular formula is C13H19NO2S2. The second-order valence-corrected chi connectivity index (χ2v) is 7.85. The van der Waals surface area contributed by atoms with Crippen LogP contribution in [0.5, 0.6) is 0 Å². The summed E-state index contributed by atoms with van der Waals surface area (Å²) < 4.78 is 22.7. The van der Waals surface area contributed by atoms with Gasteiger partial charge in [-0.15, -0.1) is 0 Å². The summed E-state index contributed by atoms with van der Waals surface area (Å²) in [6.45, 7) is 2.18. The van der Waals surface area contributed by atoms with E-state index in [0.29, 0.717) is 24.6 Å². The summed E-state index contributed by atoms with van der Waals surface area (Å²) in [4.78, 5) is 2.22. The maximum absolute atomic E-state index is 11.4. The molecule has 0 N–H and O–H groups in total. The largest absolute Gasteiger partial charge is 0.297 e. The monoisotopic (exact) mass is 285 g/mol. The molecule has 0 amide bonds. The molecule has 100 valence electrons. The van der Waals surface area contributed by atoms with Crippen molar-refractivity contribution in [3.63, 3.8) is 0 Å². The lowest BCUT2D eigenvalue weighted by Crippen LogP contribution is -2.39. The third kappa shape index (κ3) is 4.00. The lowest BCUT2D eigenvalue weighted by atomic mass is 10.1. The van der Waals surface area contributed by atoms with Crippen molar-refractivity contribution in [3.05, 3.63) is 35.4 Å². The van der Waals surface area contributed by atoms with E-state index in [4.69, 9.17) is 0 Å². The Labute approximate surface area is 113 Å². The zero-order valence-corrected chi connectivity index (χ0v) is 12.3. The van der Waals surface area contributed by atoms with Gasteiger partial charge in [-0.3, -0.25) is 4.90 Å². The van der Waals surface area contributed by atoms with E-state index in [1.807, 2.05) is 11.8 Å². The molecule has 1 aliphatic heterocycles. The molecule has 0 spiro atoms. The number of benzene rings is 1. The van der Waals surface area contributed by atoms with Gasteiger partial charge < -0.3 is 0 Å². The average Bonchev–Trinajstić information content (AvgIpc) is 2.33. The van der Waals surface area contributed by atoms with Crippen molar-refractivity contribution in [2.75, 3.05) is 30.9 Å². The molecule has 0 radical (unpaired) electrons. The maximum Gasteiger partial charge on any atom is 0.152 e. The minimum Gasteiger partial charge on any atom is -0.297 e. The number of sulfone groups is 1. The van der Waals surface area contributed by atoms with E-state index in [0.717, 1.165) is 12.3 Å². The van der Waals surface area contributed by atoms with Crippen LogP contribution in [0.3, 0.4) is 0 Å². The molecule has 1 aromatic carbocycles. The Bertz CT molecular complexity index is 485. The molecule has 0 aromatic heterocycles. The Hall–Kier alpha value is -0.520. The predicted octanol–water partition coefficient (Wildman–Crippen LogP) is 1.78. The zero-order valence-electron chi connectivity index (χ0n) is 10.6. The molecule has 2 rings (SSSR count). The van der Waals surface area contributed by atoms with Gasteiger partial charge in [-0.05, 0) is 17.4 Å². The molecule has 3 nitrogen and oxygen atoms in total. The van der Waals surface area contributed by atoms with E-state index in [2.05, 4.69) is 35.4 Å². The van der Waals surface area contributed by atoms with Gasteiger partial charge in [-0.1, -0.05) is 24.3 Å². The minimum absolute atomic E-state index is 0.303. The van der Waals surface area contributed by atoms with Gasteiger partial charge in [0.15, 0.2) is 9.84 Å². The van der Waals surface area contributed by atoms with Gasteiger partial charge >= 0.3 is 0 Å². The first-order valence-corrected chi connectivity index (χ1v) is 9.30. The zero-order chi connectivity index (χ0) is 13.0. The number of rotatable bonds is 4. The van der Waals surface area contributed by atoms with E-state index in [9.17, 15) is 8.42 Å². The van der Waals surface area contributed by atoms with Crippen molar-refractivity contribution < 1.29 is 8.42 Å². The topological polar surface area (TPSA) is 37.4 Å². The first-order chi connectivity index (χ1) is 8.59. The smallest absolute Gasteiger partial charge is 0.152 e. The average molecular weight is 285 g/mol. The third-order valence-electron chi connectivity index (χ3n) is 3.15. The third-order valence-corrected chi connectivity index (χ3v) is 5.38. The van der Waals surface area contributed by atoms with Crippen LogP contribution in [0.1, 0.15) is 11.1 Å². The molecule has 1 aromatic rings. The molecule has 1 aliphatic rings. The quantitative estimate of drug-likeness (QED) is 0.845. The molecule has 18 heavy (non-hydrogen) atoms. The highest BCUT2D eigenvalue weighted by Gasteiger charge is 2.21. The highest BCUT2D eigenvalue weighted by atomic mass is 32.2. The van der Waals surface area contributed by atoms with E-state index in [1.165, 1.54) is 11.1 Å². The Kier molecular flexibility index (Phi) is 4.70. The predicted molar refractivity (Wildman–Crippen MR) is 77.6 cm³/mol. The van der Waals surface area contributed by atoms with Crippen molar-refractivity contribution >= 4 is 21.6 Å². The summed E-state index contributed by atoms with van der Waals surface area (Å²) >= 11 is 1.82. The SMILES string of the molecule is CSCc1cccc(CN2CCS(=O)(=O)CC2)c1. The Balaban J connectivity index is 1.95. The Morgan fingerprint density at radius 2 is 1.89 bits per heavy atom. The highest BCUT2D eigenvalue weighted by molar-refractivity contribution is 7.97. The van der Waals surface area contributed by atoms with Gasteiger partial charge in [-0.2, -0.15) is 11.8 Å². The molecule has 1 heterocycles. The molecular weight excluding hydrogens is 266 g/mol. The van der Waals surface area contributed by atoms with Gasteiger partial charge in [0.2, 0.25) is 0 Å². The van der Waals surface area contributed by atoms with Crippen LogP contribution < -0.4 is 0 Å². The van der Waals surface area contributed by atoms with Crippen molar-refractivity contribution in [2.45, 2.75) is 12.3 Å². The van der Waals surface area contributed by atoms with Gasteiger partial charge in [0.25, 0.3) is 0 Å². The van der Waals surface area contributed by atoms with Crippen molar-refractivity contribution in [3.8, 4) is 0 Å². The standard InChI is InChI=1S/C13H19NO2S2/c1-17-11-13-4-2-3-12(9-13)10-14-5-7-18(15,16)8-6-14/h2-4,9H,5-8,10-11H2,1H3. The van der Waals surface area contributed by atoms with Gasteiger partial charge in [-0.25, -0.2) is 8.42 Å². The van der Waals surface area contributed by atoms with Crippen LogP contribution in [-0.4, -0.2) is 44.2 Å². The normalized spacial score (nSPS) is 19.8. The van der Waals surface area contributed by atoms with E-state index in [1.54, 1.807) is 0 Å². The van der Waals surface area contributed by atoms with E-state index in [-0.39, 0.29) is 0 Å². The van der Waals surface area contributed by atoms with E-state index >= 15 is 0 Å². The van der Waals surface area contributed by atoms with Crippen molar-refractivity contribution in [1.29, 1.82) is 0 Å². The Morgan fingerprint density at radius 1 is 1.22 bits per heavy atom. The fourth-order valence-electron chi connectivity index (χ4n) is 2.15. The molecule has 0 atom stereocenters. The number of hydrogen-bond donors (Lipinski definition) is 0. The van der Waals surface area contributed by atoms with Crippen LogP contribution in [0.2, 0.25) is 0 Å². The van der Waals surface area contributed by atoms with Crippen LogP contribution in [0, 0.1) is 0 Å². The van der Waals surface area contributed by atoms with Gasteiger partial charge in [0.1, 0.15) is 0 Å². The fraction of sp³-hybridized carbons (Fsp3) is 0.538. The number of hydrogen-bond acceptors (Lipinski definition) is 4. The summed E-state index contributed by atoms with van der Waals surface area (Å²) in [6, 6.07) is 8.56. The van der Waals surface area contributed by atoms with Crippen molar-refractivity contribution in [2.24, 2.45) is 0 Å². The van der Waals surface area contributed by atoms with Crippen LogP contribution in [0.25, 0.3) is 0 Å². The number of nitrogens with zero attached hydrogens (tertiary/aromatic N) is 1. The van der Waals surface area contributed by atoms with Gasteiger partial charge in [0.05, 0.1) is 11.5 Å². The summed E-state index contributed by atoms with van der Waals surface area (Å²) in [5.74, 6) is 1.64. The van der Waals surface area contributed by atoms with Crippen LogP contribution in [0.15, 0.2) is 24.3 Å². The van der Waals surface area contributed by atoms with Crippen LogP contribution in [-0.2, 0) is 22.1 Å². The van der Waals surface area contributed by atoms with E-state index < -0.39 is 9.84 Å². The first-order valence-electron chi connectivity index (χ1n) is 6.08. The fourth-order valence-corrected chi connectivity index (χ4v) is 3.94. The second kappa shape index (κ2) is 6.08. The molecule has 0 saturated carbocycles. The summed E-state index contributed by atoms with van der Waals surface area (Å²) in [6.07, 6.45) is 2.10. The minimum atomic E-state index is -2.77.